The second kappa shape index (κ2) is 3.95. The topological polar surface area (TPSA) is 84.0 Å². The lowest BCUT2D eigenvalue weighted by molar-refractivity contribution is 0.566. The first-order chi connectivity index (χ1) is 9.17. The van der Waals surface area contributed by atoms with E-state index in [0.717, 1.165) is 24.8 Å². The van der Waals surface area contributed by atoms with Gasteiger partial charge in [-0.1, -0.05) is 6.07 Å². The summed E-state index contributed by atoms with van der Waals surface area (Å²) in [5.41, 5.74) is 1.09. The molecule has 0 amide bonds. The SMILES string of the molecule is O=S(=O)(NC1C2CNCC21)c1cccc2nsnc12. The van der Waals surface area contributed by atoms with Crippen molar-refractivity contribution in [2.24, 2.45) is 11.8 Å². The van der Waals surface area contributed by atoms with Crippen LogP contribution in [0.3, 0.4) is 0 Å². The molecule has 2 N–H and O–H groups in total. The Morgan fingerprint density at radius 1 is 1.26 bits per heavy atom. The number of rotatable bonds is 3. The fourth-order valence-corrected chi connectivity index (χ4v) is 4.94. The van der Waals surface area contributed by atoms with E-state index < -0.39 is 10.0 Å². The first-order valence-corrected chi connectivity index (χ1v) is 8.32. The van der Waals surface area contributed by atoms with Crippen molar-refractivity contribution in [3.8, 4) is 0 Å². The Bertz CT molecular complexity index is 732. The molecule has 2 aromatic rings. The number of nitrogens with one attached hydrogen (secondary N) is 2. The highest BCUT2D eigenvalue weighted by Gasteiger charge is 2.54. The van der Waals surface area contributed by atoms with Crippen molar-refractivity contribution >= 4 is 32.8 Å². The lowest BCUT2D eigenvalue weighted by Crippen LogP contribution is -2.32. The summed E-state index contributed by atoms with van der Waals surface area (Å²) in [5.74, 6) is 0.894. The Balaban J connectivity index is 1.69. The molecule has 6 nitrogen and oxygen atoms in total. The Kier molecular flexibility index (Phi) is 2.44. The second-order valence-corrected chi connectivity index (χ2v) is 7.23. The maximum atomic E-state index is 12.4. The highest BCUT2D eigenvalue weighted by molar-refractivity contribution is 7.89. The molecule has 2 unspecified atom stereocenters. The number of benzene rings is 1. The third-order valence-electron chi connectivity index (χ3n) is 3.92. The standard InChI is InChI=1S/C11H12N4O2S2/c16-19(17,15-10-6-4-12-5-7(6)10)9-3-1-2-8-11(9)14-18-13-8/h1-3,6-7,10,12,15H,4-5H2. The Morgan fingerprint density at radius 2 is 2.05 bits per heavy atom. The van der Waals surface area contributed by atoms with Crippen molar-refractivity contribution in [3.05, 3.63) is 18.2 Å². The lowest BCUT2D eigenvalue weighted by Gasteiger charge is -2.09. The molecule has 19 heavy (non-hydrogen) atoms. The van der Waals surface area contributed by atoms with E-state index in [4.69, 9.17) is 0 Å². The predicted molar refractivity (Wildman–Crippen MR) is 71.4 cm³/mol. The molecule has 0 bridgehead atoms. The van der Waals surface area contributed by atoms with Gasteiger partial charge in [0.1, 0.15) is 15.9 Å². The van der Waals surface area contributed by atoms with Gasteiger partial charge in [-0.2, -0.15) is 8.75 Å². The summed E-state index contributed by atoms with van der Waals surface area (Å²) in [6.45, 7) is 1.81. The van der Waals surface area contributed by atoms with Crippen molar-refractivity contribution in [1.29, 1.82) is 0 Å². The van der Waals surface area contributed by atoms with E-state index in [1.54, 1.807) is 18.2 Å². The molecule has 2 fully saturated rings. The average Bonchev–Trinajstić information content (AvgIpc) is 2.85. The van der Waals surface area contributed by atoms with E-state index in [2.05, 4.69) is 18.8 Å². The van der Waals surface area contributed by atoms with E-state index in [1.807, 2.05) is 0 Å². The molecule has 1 aliphatic carbocycles. The fourth-order valence-electron chi connectivity index (χ4n) is 2.83. The molecule has 0 spiro atoms. The number of aromatic nitrogens is 2. The van der Waals surface area contributed by atoms with Crippen LogP contribution in [0.5, 0.6) is 0 Å². The van der Waals surface area contributed by atoms with Gasteiger partial charge in [-0.05, 0) is 37.1 Å². The zero-order valence-corrected chi connectivity index (χ0v) is 11.5. The minimum absolute atomic E-state index is 0.0769. The van der Waals surface area contributed by atoms with Crippen LogP contribution in [0.1, 0.15) is 0 Å². The van der Waals surface area contributed by atoms with E-state index in [1.165, 1.54) is 0 Å². The lowest BCUT2D eigenvalue weighted by atomic mass is 10.3. The molecule has 100 valence electrons. The van der Waals surface area contributed by atoms with Gasteiger partial charge in [0.05, 0.1) is 11.7 Å². The Morgan fingerprint density at radius 3 is 2.84 bits per heavy atom. The smallest absolute Gasteiger partial charge is 0.243 e. The highest BCUT2D eigenvalue weighted by atomic mass is 32.2. The van der Waals surface area contributed by atoms with E-state index in [0.29, 0.717) is 22.9 Å². The molecule has 2 aliphatic rings. The molecule has 1 aromatic heterocycles. The number of hydrogen-bond acceptors (Lipinski definition) is 6. The number of hydrogen-bond donors (Lipinski definition) is 2. The van der Waals surface area contributed by atoms with E-state index >= 15 is 0 Å². The van der Waals surface area contributed by atoms with Gasteiger partial charge in [-0.15, -0.1) is 0 Å². The highest BCUT2D eigenvalue weighted by Crippen LogP contribution is 2.42. The summed E-state index contributed by atoms with van der Waals surface area (Å²) in [6, 6.07) is 5.14. The molecular formula is C11H12N4O2S2. The van der Waals surface area contributed by atoms with Crippen LogP contribution >= 0.6 is 11.7 Å². The van der Waals surface area contributed by atoms with Crippen LogP contribution in [0.2, 0.25) is 0 Å². The zero-order chi connectivity index (χ0) is 13.0. The quantitative estimate of drug-likeness (QED) is 0.844. The molecule has 1 aromatic carbocycles. The molecule has 1 saturated heterocycles. The largest absolute Gasteiger partial charge is 0.316 e. The summed E-state index contributed by atoms with van der Waals surface area (Å²) < 4.78 is 35.8. The summed E-state index contributed by atoms with van der Waals surface area (Å²) >= 11 is 1.03. The summed E-state index contributed by atoms with van der Waals surface area (Å²) in [7, 11) is -3.51. The number of sulfonamides is 1. The summed E-state index contributed by atoms with van der Waals surface area (Å²) in [5, 5.41) is 3.25. The number of piperidine rings is 1. The van der Waals surface area contributed by atoms with Crippen molar-refractivity contribution in [3.63, 3.8) is 0 Å². The fraction of sp³-hybridized carbons (Fsp3) is 0.455. The van der Waals surface area contributed by atoms with Crippen LogP contribution in [-0.4, -0.2) is 36.3 Å². The minimum atomic E-state index is -3.51. The average molecular weight is 296 g/mol. The summed E-state index contributed by atoms with van der Waals surface area (Å²) in [4.78, 5) is 0.233. The molecule has 8 heteroatoms. The molecule has 2 heterocycles. The van der Waals surface area contributed by atoms with Gasteiger partial charge in [-0.25, -0.2) is 13.1 Å². The zero-order valence-electron chi connectivity index (χ0n) is 9.91. The van der Waals surface area contributed by atoms with Crippen molar-refractivity contribution in [2.45, 2.75) is 10.9 Å². The Hall–Kier alpha value is -1.09. The summed E-state index contributed by atoms with van der Waals surface area (Å²) in [6.07, 6.45) is 0. The molecule has 1 saturated carbocycles. The first kappa shape index (κ1) is 11.7. The van der Waals surface area contributed by atoms with Crippen LogP contribution in [0.15, 0.2) is 23.1 Å². The van der Waals surface area contributed by atoms with Crippen molar-refractivity contribution in [2.75, 3.05) is 13.1 Å². The molecule has 1 aliphatic heterocycles. The molecule has 4 rings (SSSR count). The third kappa shape index (κ3) is 1.78. The van der Waals surface area contributed by atoms with Crippen LogP contribution in [0.25, 0.3) is 11.0 Å². The maximum absolute atomic E-state index is 12.4. The monoisotopic (exact) mass is 296 g/mol. The number of nitrogens with zero attached hydrogens (tertiary/aromatic N) is 2. The van der Waals surface area contributed by atoms with Gasteiger partial charge in [-0.3, -0.25) is 0 Å². The first-order valence-electron chi connectivity index (χ1n) is 6.11. The van der Waals surface area contributed by atoms with Crippen molar-refractivity contribution in [1.82, 2.24) is 18.8 Å². The van der Waals surface area contributed by atoms with Gasteiger partial charge in [0.25, 0.3) is 0 Å². The van der Waals surface area contributed by atoms with Gasteiger partial charge in [0, 0.05) is 6.04 Å². The van der Waals surface area contributed by atoms with Crippen LogP contribution in [0.4, 0.5) is 0 Å². The third-order valence-corrected chi connectivity index (χ3v) is 5.95. The van der Waals surface area contributed by atoms with Crippen LogP contribution in [0, 0.1) is 11.8 Å². The van der Waals surface area contributed by atoms with Gasteiger partial charge in [0.2, 0.25) is 10.0 Å². The van der Waals surface area contributed by atoms with Crippen LogP contribution < -0.4 is 10.0 Å². The van der Waals surface area contributed by atoms with E-state index in [-0.39, 0.29) is 10.9 Å². The molecule has 2 atom stereocenters. The maximum Gasteiger partial charge on any atom is 0.243 e. The van der Waals surface area contributed by atoms with Gasteiger partial charge < -0.3 is 5.32 Å². The molecular weight excluding hydrogens is 284 g/mol. The predicted octanol–water partition coefficient (Wildman–Crippen LogP) is 0.187. The Labute approximate surface area is 114 Å². The van der Waals surface area contributed by atoms with Gasteiger partial charge in [0.15, 0.2) is 0 Å². The van der Waals surface area contributed by atoms with Crippen molar-refractivity contribution < 1.29 is 8.42 Å². The number of fused-ring (bicyclic) bond motifs is 2. The normalized spacial score (nSPS) is 29.6. The molecule has 0 radical (unpaired) electrons. The second-order valence-electron chi connectivity index (χ2n) is 5.02. The minimum Gasteiger partial charge on any atom is -0.316 e. The van der Waals surface area contributed by atoms with E-state index in [9.17, 15) is 8.42 Å². The van der Waals surface area contributed by atoms with Crippen LogP contribution in [-0.2, 0) is 10.0 Å². The van der Waals surface area contributed by atoms with Gasteiger partial charge >= 0.3 is 0 Å².